The van der Waals surface area contributed by atoms with E-state index in [-0.39, 0.29) is 22.8 Å². The maximum atomic E-state index is 12.6. The standard InChI is InChI=1S/C17H26N4O3S/c1-19-25(23,24)16-8-3-2-7-15(16)20-9-11-21(12-10-20)17(22)13-5-4-6-14(13)18/h2-3,7-8,13-14,19H,4-6,9-12,18H2,1H3/t13-,14+/m1/s1. The Kier molecular flexibility index (Phi) is 5.31. The van der Waals surface area contributed by atoms with Crippen molar-refractivity contribution in [2.24, 2.45) is 11.7 Å². The van der Waals surface area contributed by atoms with Gasteiger partial charge in [-0.1, -0.05) is 18.6 Å². The van der Waals surface area contributed by atoms with Crippen LogP contribution in [-0.2, 0) is 14.8 Å². The molecule has 0 unspecified atom stereocenters. The second kappa shape index (κ2) is 7.31. The first-order valence-corrected chi connectivity index (χ1v) is 10.2. The molecule has 1 heterocycles. The molecule has 3 N–H and O–H groups in total. The number of anilines is 1. The second-order valence-electron chi connectivity index (χ2n) is 6.69. The fourth-order valence-corrected chi connectivity index (χ4v) is 4.70. The van der Waals surface area contributed by atoms with Gasteiger partial charge in [0.2, 0.25) is 15.9 Å². The Balaban J connectivity index is 1.70. The average Bonchev–Trinajstić information content (AvgIpc) is 3.07. The van der Waals surface area contributed by atoms with E-state index < -0.39 is 10.0 Å². The summed E-state index contributed by atoms with van der Waals surface area (Å²) >= 11 is 0. The van der Waals surface area contributed by atoms with E-state index >= 15 is 0 Å². The Morgan fingerprint density at radius 1 is 1.16 bits per heavy atom. The van der Waals surface area contributed by atoms with Gasteiger partial charge in [0.15, 0.2) is 0 Å². The molecule has 25 heavy (non-hydrogen) atoms. The van der Waals surface area contributed by atoms with E-state index in [2.05, 4.69) is 4.72 Å². The Morgan fingerprint density at radius 2 is 1.84 bits per heavy atom. The molecular formula is C17H26N4O3S. The molecule has 2 atom stereocenters. The first kappa shape index (κ1) is 18.2. The van der Waals surface area contributed by atoms with Gasteiger partial charge in [-0.15, -0.1) is 0 Å². The summed E-state index contributed by atoms with van der Waals surface area (Å²) in [5, 5.41) is 0. The van der Waals surface area contributed by atoms with E-state index in [4.69, 9.17) is 5.73 Å². The number of sulfonamides is 1. The molecule has 0 spiro atoms. The van der Waals surface area contributed by atoms with Gasteiger partial charge in [0.05, 0.1) is 11.6 Å². The lowest BCUT2D eigenvalue weighted by Crippen LogP contribution is -2.52. The first-order valence-electron chi connectivity index (χ1n) is 8.76. The topological polar surface area (TPSA) is 95.7 Å². The summed E-state index contributed by atoms with van der Waals surface area (Å²) in [5.74, 6) is 0.101. The number of hydrogen-bond acceptors (Lipinski definition) is 5. The van der Waals surface area contributed by atoms with Gasteiger partial charge < -0.3 is 15.5 Å². The molecule has 1 saturated carbocycles. The molecule has 1 amide bonds. The summed E-state index contributed by atoms with van der Waals surface area (Å²) in [7, 11) is -2.11. The highest BCUT2D eigenvalue weighted by atomic mass is 32.2. The summed E-state index contributed by atoms with van der Waals surface area (Å²) in [6, 6.07) is 6.95. The quantitative estimate of drug-likeness (QED) is 0.803. The molecule has 1 aromatic carbocycles. The van der Waals surface area contributed by atoms with E-state index in [1.807, 2.05) is 21.9 Å². The predicted molar refractivity (Wildman–Crippen MR) is 96.8 cm³/mol. The zero-order valence-electron chi connectivity index (χ0n) is 14.5. The Morgan fingerprint density at radius 3 is 2.44 bits per heavy atom. The predicted octanol–water partition coefficient (Wildman–Crippen LogP) is 0.371. The monoisotopic (exact) mass is 366 g/mol. The molecule has 1 aliphatic heterocycles. The van der Waals surface area contributed by atoms with Crippen molar-refractivity contribution in [3.63, 3.8) is 0 Å². The molecule has 0 bridgehead atoms. The molecule has 1 aromatic rings. The van der Waals surface area contributed by atoms with Gasteiger partial charge in [0.25, 0.3) is 0 Å². The third-order valence-electron chi connectivity index (χ3n) is 5.24. The highest BCUT2D eigenvalue weighted by Crippen LogP contribution is 2.28. The van der Waals surface area contributed by atoms with Crippen LogP contribution in [0, 0.1) is 5.92 Å². The van der Waals surface area contributed by atoms with Crippen LogP contribution in [0.5, 0.6) is 0 Å². The molecule has 1 aliphatic carbocycles. The van der Waals surface area contributed by atoms with Crippen LogP contribution in [0.15, 0.2) is 29.2 Å². The van der Waals surface area contributed by atoms with E-state index in [1.165, 1.54) is 7.05 Å². The van der Waals surface area contributed by atoms with Gasteiger partial charge in [-0.2, -0.15) is 0 Å². The highest BCUT2D eigenvalue weighted by Gasteiger charge is 2.35. The van der Waals surface area contributed by atoms with Crippen LogP contribution in [0.3, 0.4) is 0 Å². The Bertz CT molecular complexity index is 729. The number of piperazine rings is 1. The number of carbonyl (C=O) groups is 1. The van der Waals surface area contributed by atoms with Crippen molar-refractivity contribution < 1.29 is 13.2 Å². The minimum Gasteiger partial charge on any atom is -0.367 e. The summed E-state index contributed by atoms with van der Waals surface area (Å²) in [4.78, 5) is 16.8. The van der Waals surface area contributed by atoms with Crippen LogP contribution in [0.2, 0.25) is 0 Å². The summed E-state index contributed by atoms with van der Waals surface area (Å²) in [6.07, 6.45) is 2.82. The van der Waals surface area contributed by atoms with Gasteiger partial charge in [-0.25, -0.2) is 13.1 Å². The summed E-state index contributed by atoms with van der Waals surface area (Å²) < 4.78 is 26.8. The maximum Gasteiger partial charge on any atom is 0.242 e. The molecule has 7 nitrogen and oxygen atoms in total. The zero-order chi connectivity index (χ0) is 18.0. The molecule has 1 saturated heterocycles. The number of carbonyl (C=O) groups excluding carboxylic acids is 1. The van der Waals surface area contributed by atoms with Gasteiger partial charge >= 0.3 is 0 Å². The van der Waals surface area contributed by atoms with Crippen LogP contribution in [-0.4, -0.2) is 58.5 Å². The largest absolute Gasteiger partial charge is 0.367 e. The van der Waals surface area contributed by atoms with Crippen molar-refractivity contribution in [1.29, 1.82) is 0 Å². The number of nitrogens with two attached hydrogens (primary N) is 1. The number of amides is 1. The van der Waals surface area contributed by atoms with Crippen LogP contribution >= 0.6 is 0 Å². The normalized spacial score (nSPS) is 24.6. The van der Waals surface area contributed by atoms with Crippen molar-refractivity contribution in [1.82, 2.24) is 9.62 Å². The van der Waals surface area contributed by atoms with E-state index in [0.29, 0.717) is 31.9 Å². The van der Waals surface area contributed by atoms with Crippen molar-refractivity contribution in [3.8, 4) is 0 Å². The molecular weight excluding hydrogens is 340 g/mol. The number of nitrogens with one attached hydrogen (secondary N) is 1. The van der Waals surface area contributed by atoms with E-state index in [9.17, 15) is 13.2 Å². The van der Waals surface area contributed by atoms with Gasteiger partial charge in [-0.05, 0) is 32.0 Å². The fourth-order valence-electron chi connectivity index (χ4n) is 3.75. The van der Waals surface area contributed by atoms with Crippen molar-refractivity contribution in [2.45, 2.75) is 30.2 Å². The van der Waals surface area contributed by atoms with E-state index in [0.717, 1.165) is 19.3 Å². The fraction of sp³-hybridized carbons (Fsp3) is 0.588. The lowest BCUT2D eigenvalue weighted by molar-refractivity contribution is -0.136. The third-order valence-corrected chi connectivity index (χ3v) is 6.70. The molecule has 0 aromatic heterocycles. The second-order valence-corrected chi connectivity index (χ2v) is 8.54. The van der Waals surface area contributed by atoms with Crippen LogP contribution in [0.4, 0.5) is 5.69 Å². The van der Waals surface area contributed by atoms with Crippen molar-refractivity contribution >= 4 is 21.6 Å². The molecule has 2 fully saturated rings. The third kappa shape index (κ3) is 3.65. The molecule has 138 valence electrons. The number of benzene rings is 1. The van der Waals surface area contributed by atoms with Crippen LogP contribution in [0.1, 0.15) is 19.3 Å². The Hall–Kier alpha value is -1.64. The van der Waals surface area contributed by atoms with Crippen molar-refractivity contribution in [2.75, 3.05) is 38.1 Å². The lowest BCUT2D eigenvalue weighted by atomic mass is 10.0. The number of para-hydroxylation sites is 1. The molecule has 2 aliphatic rings. The van der Waals surface area contributed by atoms with Crippen LogP contribution < -0.4 is 15.4 Å². The number of hydrogen-bond donors (Lipinski definition) is 2. The summed E-state index contributed by atoms with van der Waals surface area (Å²) in [6.45, 7) is 2.42. The zero-order valence-corrected chi connectivity index (χ0v) is 15.3. The van der Waals surface area contributed by atoms with Crippen molar-refractivity contribution in [3.05, 3.63) is 24.3 Å². The highest BCUT2D eigenvalue weighted by molar-refractivity contribution is 7.89. The van der Waals surface area contributed by atoms with Gasteiger partial charge in [0, 0.05) is 32.2 Å². The summed E-state index contributed by atoms with van der Waals surface area (Å²) in [5.41, 5.74) is 6.74. The minimum atomic E-state index is -3.52. The molecule has 3 rings (SSSR count). The number of nitrogens with zero attached hydrogens (tertiary/aromatic N) is 2. The maximum absolute atomic E-state index is 12.6. The minimum absolute atomic E-state index is 0.0213. The van der Waals surface area contributed by atoms with E-state index in [1.54, 1.807) is 12.1 Å². The molecule has 8 heteroatoms. The average molecular weight is 366 g/mol. The SMILES string of the molecule is CNS(=O)(=O)c1ccccc1N1CCN(C(=O)[C@@H]2CCC[C@@H]2N)CC1. The van der Waals surface area contributed by atoms with Gasteiger partial charge in [-0.3, -0.25) is 4.79 Å². The molecule has 0 radical (unpaired) electrons. The Labute approximate surface area is 149 Å². The van der Waals surface area contributed by atoms with Crippen LogP contribution in [0.25, 0.3) is 0 Å². The van der Waals surface area contributed by atoms with Gasteiger partial charge in [0.1, 0.15) is 4.90 Å². The smallest absolute Gasteiger partial charge is 0.242 e. The number of rotatable bonds is 4. The first-order chi connectivity index (χ1) is 11.9. The lowest BCUT2D eigenvalue weighted by Gasteiger charge is -2.38.